The third-order valence-corrected chi connectivity index (χ3v) is 3.06. The maximum atomic E-state index is 11.5. The Labute approximate surface area is 102 Å². The van der Waals surface area contributed by atoms with Gasteiger partial charge in [-0.2, -0.15) is 5.48 Å². The predicted octanol–water partition coefficient (Wildman–Crippen LogP) is 2.35. The van der Waals surface area contributed by atoms with E-state index in [2.05, 4.69) is 17.2 Å². The summed E-state index contributed by atoms with van der Waals surface area (Å²) in [6.07, 6.45) is 6.96. The number of carbonyl (C=O) groups excluding carboxylic acids is 2. The number of carbonyl (C=O) groups is 2. The average molecular weight is 239 g/mol. The van der Waals surface area contributed by atoms with Crippen molar-refractivity contribution in [2.24, 2.45) is 11.3 Å². The quantitative estimate of drug-likeness (QED) is 0.455. The van der Waals surface area contributed by atoms with Gasteiger partial charge in [-0.3, -0.25) is 4.79 Å². The van der Waals surface area contributed by atoms with Gasteiger partial charge in [-0.25, -0.2) is 4.79 Å². The Morgan fingerprint density at radius 3 is 2.65 bits per heavy atom. The molecule has 1 amide bonds. The highest BCUT2D eigenvalue weighted by atomic mass is 16.7. The smallest absolute Gasteiger partial charge is 0.336 e. The zero-order valence-electron chi connectivity index (χ0n) is 10.8. The molecule has 0 heterocycles. The summed E-state index contributed by atoms with van der Waals surface area (Å²) in [4.78, 5) is 27.3. The first-order chi connectivity index (χ1) is 7.97. The zero-order chi connectivity index (χ0) is 12.9. The highest BCUT2D eigenvalue weighted by molar-refractivity contribution is 5.86. The van der Waals surface area contributed by atoms with Gasteiger partial charge >= 0.3 is 5.97 Å². The van der Waals surface area contributed by atoms with Gasteiger partial charge in [0.05, 0.1) is 0 Å². The van der Waals surface area contributed by atoms with E-state index >= 15 is 0 Å². The second-order valence-electron chi connectivity index (χ2n) is 5.18. The number of nitrogens with one attached hydrogen (secondary N) is 1. The molecular formula is C13H21NO3. The maximum absolute atomic E-state index is 11.5. The molecule has 1 saturated carbocycles. The van der Waals surface area contributed by atoms with Crippen molar-refractivity contribution in [3.63, 3.8) is 0 Å². The topological polar surface area (TPSA) is 55.4 Å². The lowest BCUT2D eigenvalue weighted by molar-refractivity contribution is -0.154. The summed E-state index contributed by atoms with van der Waals surface area (Å²) in [6.45, 7) is 6.12. The Balaban J connectivity index is 2.16. The molecule has 0 aromatic rings. The number of amides is 1. The second kappa shape index (κ2) is 5.84. The molecule has 0 aliphatic heterocycles. The maximum Gasteiger partial charge on any atom is 0.355 e. The van der Waals surface area contributed by atoms with E-state index in [4.69, 9.17) is 0 Å². The van der Waals surface area contributed by atoms with Crippen LogP contribution < -0.4 is 5.48 Å². The first kappa shape index (κ1) is 13.7. The van der Waals surface area contributed by atoms with Crippen LogP contribution in [-0.4, -0.2) is 11.9 Å². The lowest BCUT2D eigenvalue weighted by atomic mass is 10.1. The average Bonchev–Trinajstić information content (AvgIpc) is 2.91. The zero-order valence-corrected chi connectivity index (χ0v) is 10.8. The molecule has 96 valence electrons. The summed E-state index contributed by atoms with van der Waals surface area (Å²) in [5, 5.41) is 0. The van der Waals surface area contributed by atoms with Crippen molar-refractivity contribution < 1.29 is 14.4 Å². The van der Waals surface area contributed by atoms with Crippen molar-refractivity contribution in [2.75, 3.05) is 0 Å². The van der Waals surface area contributed by atoms with Gasteiger partial charge < -0.3 is 4.84 Å². The Morgan fingerprint density at radius 2 is 2.12 bits per heavy atom. The van der Waals surface area contributed by atoms with Gasteiger partial charge in [0.1, 0.15) is 0 Å². The van der Waals surface area contributed by atoms with Gasteiger partial charge in [-0.1, -0.05) is 39.7 Å². The van der Waals surface area contributed by atoms with Crippen molar-refractivity contribution in [1.29, 1.82) is 0 Å². The van der Waals surface area contributed by atoms with Crippen molar-refractivity contribution in [2.45, 2.75) is 46.5 Å². The van der Waals surface area contributed by atoms with E-state index in [0.29, 0.717) is 0 Å². The van der Waals surface area contributed by atoms with E-state index in [9.17, 15) is 9.59 Å². The van der Waals surface area contributed by atoms with E-state index in [1.54, 1.807) is 6.08 Å². The molecule has 1 aliphatic rings. The summed E-state index contributed by atoms with van der Waals surface area (Å²) >= 11 is 0. The molecule has 17 heavy (non-hydrogen) atoms. The number of hydrogen-bond acceptors (Lipinski definition) is 3. The lowest BCUT2D eigenvalue weighted by Gasteiger charge is -2.04. The Morgan fingerprint density at radius 1 is 1.47 bits per heavy atom. The van der Waals surface area contributed by atoms with Gasteiger partial charge in [0.2, 0.25) is 0 Å². The first-order valence-corrected chi connectivity index (χ1v) is 6.14. The largest absolute Gasteiger partial charge is 0.355 e. The van der Waals surface area contributed by atoms with Crippen LogP contribution in [0.5, 0.6) is 0 Å². The van der Waals surface area contributed by atoms with E-state index in [0.717, 1.165) is 25.7 Å². The highest BCUT2D eigenvalue weighted by Crippen LogP contribution is 2.51. The van der Waals surface area contributed by atoms with E-state index in [1.807, 2.05) is 13.8 Å². The summed E-state index contributed by atoms with van der Waals surface area (Å²) in [6, 6.07) is 0. The third kappa shape index (κ3) is 4.59. The van der Waals surface area contributed by atoms with Gasteiger partial charge in [0, 0.05) is 12.0 Å². The van der Waals surface area contributed by atoms with Gasteiger partial charge in [-0.15, -0.1) is 0 Å². The van der Waals surface area contributed by atoms with E-state index in [1.165, 1.54) is 6.08 Å². The van der Waals surface area contributed by atoms with Gasteiger partial charge in [-0.05, 0) is 18.3 Å². The summed E-state index contributed by atoms with van der Waals surface area (Å²) in [7, 11) is 0. The van der Waals surface area contributed by atoms with Crippen LogP contribution in [0.4, 0.5) is 0 Å². The number of rotatable bonds is 5. The Bertz CT molecular complexity index is 321. The fourth-order valence-corrected chi connectivity index (χ4v) is 1.62. The number of allylic oxidation sites excluding steroid dienone is 1. The Hall–Kier alpha value is -1.32. The minimum atomic E-state index is -0.520. The molecule has 0 saturated heterocycles. The predicted molar refractivity (Wildman–Crippen MR) is 64.8 cm³/mol. The van der Waals surface area contributed by atoms with Crippen LogP contribution in [0.2, 0.25) is 0 Å². The van der Waals surface area contributed by atoms with Crippen LogP contribution in [0, 0.1) is 11.3 Å². The number of hydrogen-bond donors (Lipinski definition) is 1. The highest BCUT2D eigenvalue weighted by Gasteiger charge is 2.50. The second-order valence-corrected chi connectivity index (χ2v) is 5.18. The summed E-state index contributed by atoms with van der Waals surface area (Å²) in [5.41, 5.74) is 2.25. The SMILES string of the molecule is CCCCC=CC(=O)ONC(=O)[C@H]1CC1(C)C. The number of unbranched alkanes of at least 4 members (excludes halogenated alkanes) is 2. The molecule has 0 spiro atoms. The molecule has 0 aromatic heterocycles. The minimum absolute atomic E-state index is 0.0284. The molecule has 1 aliphatic carbocycles. The fourth-order valence-electron chi connectivity index (χ4n) is 1.62. The molecule has 1 atom stereocenters. The van der Waals surface area contributed by atoms with E-state index < -0.39 is 5.97 Å². The molecule has 0 aromatic carbocycles. The molecule has 4 heteroatoms. The molecular weight excluding hydrogens is 218 g/mol. The summed E-state index contributed by atoms with van der Waals surface area (Å²) in [5.74, 6) is -0.752. The normalized spacial score (nSPS) is 21.2. The van der Waals surface area contributed by atoms with Gasteiger partial charge in [0.25, 0.3) is 5.91 Å². The fraction of sp³-hybridized carbons (Fsp3) is 0.692. The molecule has 1 N–H and O–H groups in total. The Kier molecular flexibility index (Phi) is 4.73. The van der Waals surface area contributed by atoms with Crippen molar-refractivity contribution in [1.82, 2.24) is 5.48 Å². The van der Waals surface area contributed by atoms with Crippen LogP contribution in [0.15, 0.2) is 12.2 Å². The minimum Gasteiger partial charge on any atom is -0.336 e. The number of hydroxylamine groups is 1. The van der Waals surface area contributed by atoms with E-state index in [-0.39, 0.29) is 17.2 Å². The van der Waals surface area contributed by atoms with Crippen LogP contribution in [-0.2, 0) is 14.4 Å². The third-order valence-electron chi connectivity index (χ3n) is 3.06. The van der Waals surface area contributed by atoms with Crippen molar-refractivity contribution in [3.8, 4) is 0 Å². The molecule has 0 unspecified atom stereocenters. The standard InChI is InChI=1S/C13H21NO3/c1-4-5-6-7-8-11(15)17-14-12(16)10-9-13(10,2)3/h7-8,10H,4-6,9H2,1-3H3,(H,14,16)/t10-/m1/s1. The monoisotopic (exact) mass is 239 g/mol. The van der Waals surface area contributed by atoms with Crippen molar-refractivity contribution >= 4 is 11.9 Å². The summed E-state index contributed by atoms with van der Waals surface area (Å²) < 4.78 is 0. The molecule has 1 rings (SSSR count). The van der Waals surface area contributed by atoms with Crippen LogP contribution in [0.3, 0.4) is 0 Å². The molecule has 4 nitrogen and oxygen atoms in total. The van der Waals surface area contributed by atoms with Crippen LogP contribution in [0.1, 0.15) is 46.5 Å². The molecule has 1 fully saturated rings. The molecule has 0 radical (unpaired) electrons. The first-order valence-electron chi connectivity index (χ1n) is 6.14. The lowest BCUT2D eigenvalue weighted by Crippen LogP contribution is -2.28. The van der Waals surface area contributed by atoms with Crippen molar-refractivity contribution in [3.05, 3.63) is 12.2 Å². The van der Waals surface area contributed by atoms with Crippen LogP contribution in [0.25, 0.3) is 0 Å². The van der Waals surface area contributed by atoms with Gasteiger partial charge in [0.15, 0.2) is 0 Å². The van der Waals surface area contributed by atoms with Crippen LogP contribution >= 0.6 is 0 Å². The molecule has 0 bridgehead atoms.